The Bertz CT molecular complexity index is 981. The number of nitrogens with two attached hydrogens (primary N) is 1. The minimum absolute atomic E-state index is 0.0653. The summed E-state index contributed by atoms with van der Waals surface area (Å²) in [6.07, 6.45) is 1.03. The van der Waals surface area contributed by atoms with E-state index < -0.39 is 30.4 Å². The standard InChI is InChI=1S/C18H22N6O5/c1-9-15(28-11(3)26)13(7-27-10(2)25)29-18(9)24-6-12(5-19)14-16(23(4)20)21-8-22-17(14)24/h6,8-9,13,15,18H,7,20H2,1-4H3/t9-,13+,15-,18+/m0/s1. The van der Waals surface area contributed by atoms with Gasteiger partial charge in [-0.2, -0.15) is 5.26 Å². The van der Waals surface area contributed by atoms with Crippen molar-refractivity contribution in [3.05, 3.63) is 18.1 Å². The van der Waals surface area contributed by atoms with Crippen LogP contribution in [0.2, 0.25) is 0 Å². The van der Waals surface area contributed by atoms with E-state index in [1.165, 1.54) is 25.2 Å². The molecule has 2 aromatic heterocycles. The van der Waals surface area contributed by atoms with E-state index in [2.05, 4.69) is 16.0 Å². The Kier molecular flexibility index (Phi) is 5.67. The van der Waals surface area contributed by atoms with E-state index in [9.17, 15) is 14.9 Å². The summed E-state index contributed by atoms with van der Waals surface area (Å²) in [6.45, 7) is 4.38. The van der Waals surface area contributed by atoms with Gasteiger partial charge in [0.05, 0.1) is 10.9 Å². The maximum absolute atomic E-state index is 11.6. The van der Waals surface area contributed by atoms with Crippen LogP contribution in [-0.4, -0.2) is 52.3 Å². The Balaban J connectivity index is 2.04. The van der Waals surface area contributed by atoms with Crippen LogP contribution in [0.15, 0.2) is 12.5 Å². The summed E-state index contributed by atoms with van der Waals surface area (Å²) in [7, 11) is 1.61. The number of rotatable bonds is 5. The topological polar surface area (TPSA) is 146 Å². The fourth-order valence-electron chi connectivity index (χ4n) is 3.52. The number of nitrogens with zero attached hydrogens (tertiary/aromatic N) is 5. The summed E-state index contributed by atoms with van der Waals surface area (Å²) in [6, 6.07) is 2.13. The van der Waals surface area contributed by atoms with Crippen LogP contribution < -0.4 is 10.9 Å². The normalized spacial score (nSPS) is 23.6. The second-order valence-electron chi connectivity index (χ2n) is 6.87. The van der Waals surface area contributed by atoms with Crippen LogP contribution in [0.3, 0.4) is 0 Å². The molecule has 0 aromatic carbocycles. The first-order valence-electron chi connectivity index (χ1n) is 8.94. The molecule has 2 N–H and O–H groups in total. The Morgan fingerprint density at radius 1 is 1.38 bits per heavy atom. The summed E-state index contributed by atoms with van der Waals surface area (Å²) in [5, 5.41) is 11.4. The van der Waals surface area contributed by atoms with Gasteiger partial charge < -0.3 is 18.8 Å². The third-order valence-electron chi connectivity index (χ3n) is 4.72. The third kappa shape index (κ3) is 3.85. The molecule has 3 rings (SSSR count). The Morgan fingerprint density at radius 2 is 2.10 bits per heavy atom. The molecule has 1 saturated heterocycles. The van der Waals surface area contributed by atoms with Crippen molar-refractivity contribution in [3.63, 3.8) is 0 Å². The highest BCUT2D eigenvalue weighted by Crippen LogP contribution is 2.40. The average molecular weight is 402 g/mol. The molecule has 0 saturated carbocycles. The van der Waals surface area contributed by atoms with Crippen LogP contribution in [0, 0.1) is 17.2 Å². The molecule has 29 heavy (non-hydrogen) atoms. The minimum Gasteiger partial charge on any atom is -0.463 e. The molecule has 0 amide bonds. The van der Waals surface area contributed by atoms with Gasteiger partial charge in [-0.25, -0.2) is 15.8 Å². The highest BCUT2D eigenvalue weighted by molar-refractivity contribution is 5.93. The van der Waals surface area contributed by atoms with Crippen molar-refractivity contribution in [1.29, 1.82) is 5.26 Å². The van der Waals surface area contributed by atoms with E-state index in [0.717, 1.165) is 0 Å². The molecule has 1 fully saturated rings. The van der Waals surface area contributed by atoms with Gasteiger partial charge in [0.1, 0.15) is 43.1 Å². The lowest BCUT2D eigenvalue weighted by Crippen LogP contribution is -2.34. The summed E-state index contributed by atoms with van der Waals surface area (Å²) in [4.78, 5) is 31.3. The number of fused-ring (bicyclic) bond motifs is 1. The fraction of sp³-hybridized carbons (Fsp3) is 0.500. The van der Waals surface area contributed by atoms with Crippen molar-refractivity contribution < 1.29 is 23.8 Å². The van der Waals surface area contributed by atoms with E-state index in [0.29, 0.717) is 22.4 Å². The molecule has 2 aromatic rings. The molecule has 11 nitrogen and oxygen atoms in total. The smallest absolute Gasteiger partial charge is 0.303 e. The van der Waals surface area contributed by atoms with Gasteiger partial charge in [-0.1, -0.05) is 6.92 Å². The van der Waals surface area contributed by atoms with Gasteiger partial charge in [0.25, 0.3) is 0 Å². The molecule has 1 aliphatic rings. The van der Waals surface area contributed by atoms with Crippen LogP contribution in [0.1, 0.15) is 32.6 Å². The molecular formula is C18H22N6O5. The Hall–Kier alpha value is -3.23. The zero-order valence-corrected chi connectivity index (χ0v) is 16.5. The number of carbonyl (C=O) groups is 2. The van der Waals surface area contributed by atoms with E-state index in [1.54, 1.807) is 17.8 Å². The van der Waals surface area contributed by atoms with Gasteiger partial charge >= 0.3 is 11.9 Å². The molecular weight excluding hydrogens is 380 g/mol. The minimum atomic E-state index is -0.663. The SMILES string of the molecule is CC(=O)OC[C@H]1O[C@@H](n2cc(C#N)c3c(N(C)N)ncnc32)[C@@H](C)[C@@H]1OC(C)=O. The molecule has 3 heterocycles. The van der Waals surface area contributed by atoms with Crippen LogP contribution in [0.4, 0.5) is 5.82 Å². The quantitative estimate of drug-likeness (QED) is 0.429. The van der Waals surface area contributed by atoms with E-state index in [1.807, 2.05) is 6.92 Å². The number of hydrogen-bond donors (Lipinski definition) is 1. The van der Waals surface area contributed by atoms with Gasteiger partial charge in [0.15, 0.2) is 5.82 Å². The van der Waals surface area contributed by atoms with E-state index in [-0.39, 0.29) is 12.5 Å². The first kappa shape index (κ1) is 20.5. The van der Waals surface area contributed by atoms with E-state index >= 15 is 0 Å². The number of aromatic nitrogens is 3. The highest BCUT2D eigenvalue weighted by Gasteiger charge is 2.46. The van der Waals surface area contributed by atoms with Crippen molar-refractivity contribution in [2.75, 3.05) is 18.7 Å². The molecule has 0 bridgehead atoms. The maximum Gasteiger partial charge on any atom is 0.303 e. The molecule has 1 aliphatic heterocycles. The number of nitriles is 1. The van der Waals surface area contributed by atoms with Crippen molar-refractivity contribution in [1.82, 2.24) is 14.5 Å². The lowest BCUT2D eigenvalue weighted by Gasteiger charge is -2.21. The first-order valence-corrected chi connectivity index (χ1v) is 8.94. The molecule has 11 heteroatoms. The van der Waals surface area contributed by atoms with Crippen molar-refractivity contribution in [2.45, 2.75) is 39.2 Å². The molecule has 0 unspecified atom stereocenters. The number of ether oxygens (including phenoxy) is 3. The van der Waals surface area contributed by atoms with Gasteiger partial charge in [-0.3, -0.25) is 14.6 Å². The summed E-state index contributed by atoms with van der Waals surface area (Å²) >= 11 is 0. The molecule has 0 spiro atoms. The lowest BCUT2D eigenvalue weighted by molar-refractivity contribution is -0.156. The van der Waals surface area contributed by atoms with Gasteiger partial charge in [0, 0.05) is 33.0 Å². The molecule has 4 atom stereocenters. The zero-order valence-electron chi connectivity index (χ0n) is 16.5. The number of carbonyl (C=O) groups excluding carboxylic acids is 2. The summed E-state index contributed by atoms with van der Waals surface area (Å²) in [5.41, 5.74) is 0.784. The van der Waals surface area contributed by atoms with Crippen molar-refractivity contribution in [2.24, 2.45) is 11.8 Å². The Labute approximate surface area is 166 Å². The second-order valence-corrected chi connectivity index (χ2v) is 6.87. The lowest BCUT2D eigenvalue weighted by atomic mass is 10.0. The third-order valence-corrected chi connectivity index (χ3v) is 4.72. The maximum atomic E-state index is 11.6. The molecule has 0 radical (unpaired) electrons. The van der Waals surface area contributed by atoms with Crippen LogP contribution in [0.25, 0.3) is 11.0 Å². The zero-order chi connectivity index (χ0) is 21.3. The first-order chi connectivity index (χ1) is 13.7. The number of anilines is 1. The van der Waals surface area contributed by atoms with Gasteiger partial charge in [-0.05, 0) is 0 Å². The predicted molar refractivity (Wildman–Crippen MR) is 100 cm³/mol. The second kappa shape index (κ2) is 8.02. The highest BCUT2D eigenvalue weighted by atomic mass is 16.6. The van der Waals surface area contributed by atoms with Crippen molar-refractivity contribution in [3.8, 4) is 6.07 Å². The average Bonchev–Trinajstić information content (AvgIpc) is 3.17. The largest absolute Gasteiger partial charge is 0.463 e. The van der Waals surface area contributed by atoms with Crippen LogP contribution in [-0.2, 0) is 23.8 Å². The fourth-order valence-corrected chi connectivity index (χ4v) is 3.52. The number of hydrogen-bond acceptors (Lipinski definition) is 10. The van der Waals surface area contributed by atoms with Gasteiger partial charge in [0.2, 0.25) is 0 Å². The van der Waals surface area contributed by atoms with Crippen LogP contribution in [0.5, 0.6) is 0 Å². The van der Waals surface area contributed by atoms with Crippen molar-refractivity contribution >= 4 is 28.8 Å². The summed E-state index contributed by atoms with van der Waals surface area (Å²) in [5.74, 6) is 5.00. The number of esters is 2. The summed E-state index contributed by atoms with van der Waals surface area (Å²) < 4.78 is 18.3. The van der Waals surface area contributed by atoms with Gasteiger partial charge in [-0.15, -0.1) is 0 Å². The molecule has 154 valence electrons. The van der Waals surface area contributed by atoms with Crippen LogP contribution >= 0.6 is 0 Å². The Morgan fingerprint density at radius 3 is 2.69 bits per heavy atom. The molecule has 0 aliphatic carbocycles. The van der Waals surface area contributed by atoms with E-state index in [4.69, 9.17) is 20.1 Å². The monoisotopic (exact) mass is 402 g/mol. The predicted octanol–water partition coefficient (Wildman–Crippen LogP) is 0.641. The number of hydrazine groups is 1.